The van der Waals surface area contributed by atoms with Crippen LogP contribution in [0.5, 0.6) is 0 Å². The molecule has 0 atom stereocenters. The molecule has 1 saturated heterocycles. The van der Waals surface area contributed by atoms with Gasteiger partial charge >= 0.3 is 0 Å². The van der Waals surface area contributed by atoms with Gasteiger partial charge in [-0.2, -0.15) is 4.31 Å². The first-order valence-electron chi connectivity index (χ1n) is 7.71. The molecule has 1 aromatic carbocycles. The Morgan fingerprint density at radius 2 is 1.86 bits per heavy atom. The first kappa shape index (κ1) is 16.3. The summed E-state index contributed by atoms with van der Waals surface area (Å²) < 4.78 is 27.4. The van der Waals surface area contributed by atoms with Crippen LogP contribution in [0.2, 0.25) is 0 Å². The number of nitrogen functional groups attached to an aromatic ring is 1. The molecule has 1 aromatic rings. The third-order valence-corrected chi connectivity index (χ3v) is 6.85. The van der Waals surface area contributed by atoms with Crippen LogP contribution in [0.15, 0.2) is 23.1 Å². The molecule has 0 bridgehead atoms. The van der Waals surface area contributed by atoms with Crippen molar-refractivity contribution in [2.45, 2.75) is 51.3 Å². The van der Waals surface area contributed by atoms with Gasteiger partial charge in [0.05, 0.1) is 4.90 Å². The van der Waals surface area contributed by atoms with Gasteiger partial charge in [-0.15, -0.1) is 0 Å². The zero-order valence-electron chi connectivity index (χ0n) is 13.2. The highest BCUT2D eigenvalue weighted by Crippen LogP contribution is 2.36. The van der Waals surface area contributed by atoms with Crippen LogP contribution in [0.4, 0.5) is 5.69 Å². The van der Waals surface area contributed by atoms with Crippen LogP contribution in [0, 0.1) is 5.41 Å². The molecular weight excluding hydrogens is 284 g/mol. The lowest BCUT2D eigenvalue weighted by Crippen LogP contribution is -2.42. The van der Waals surface area contributed by atoms with Crippen molar-refractivity contribution < 1.29 is 8.42 Å². The molecule has 0 amide bonds. The third kappa shape index (κ3) is 3.24. The number of anilines is 1. The number of hydrogen-bond acceptors (Lipinski definition) is 3. The number of piperidine rings is 1. The second-order valence-electron chi connectivity index (χ2n) is 6.29. The van der Waals surface area contributed by atoms with Crippen molar-refractivity contribution >= 4 is 15.7 Å². The van der Waals surface area contributed by atoms with Gasteiger partial charge in [-0.3, -0.25) is 0 Å². The average Bonchev–Trinajstić information content (AvgIpc) is 2.47. The maximum Gasteiger partial charge on any atom is 0.243 e. The van der Waals surface area contributed by atoms with E-state index in [1.165, 1.54) is 0 Å². The Hall–Kier alpha value is -1.07. The van der Waals surface area contributed by atoms with Gasteiger partial charge in [0, 0.05) is 18.8 Å². The Morgan fingerprint density at radius 3 is 2.38 bits per heavy atom. The minimum Gasteiger partial charge on any atom is -0.399 e. The number of benzene rings is 1. The molecule has 0 radical (unpaired) electrons. The summed E-state index contributed by atoms with van der Waals surface area (Å²) in [6.45, 7) is 7.59. The van der Waals surface area contributed by atoms with Crippen LogP contribution in [-0.2, 0) is 16.4 Å². The van der Waals surface area contributed by atoms with Crippen molar-refractivity contribution in [1.82, 2.24) is 4.31 Å². The van der Waals surface area contributed by atoms with Gasteiger partial charge in [0.2, 0.25) is 10.0 Å². The molecule has 1 aliphatic heterocycles. The van der Waals surface area contributed by atoms with Crippen LogP contribution < -0.4 is 5.73 Å². The maximum atomic E-state index is 12.9. The quantitative estimate of drug-likeness (QED) is 0.869. The normalized spacial score (nSPS) is 19.6. The topological polar surface area (TPSA) is 63.4 Å². The summed E-state index contributed by atoms with van der Waals surface area (Å²) in [4.78, 5) is 0.380. The summed E-state index contributed by atoms with van der Waals surface area (Å²) >= 11 is 0. The van der Waals surface area contributed by atoms with Crippen molar-refractivity contribution in [3.05, 3.63) is 23.8 Å². The number of rotatable bonds is 4. The molecule has 2 N–H and O–H groups in total. The summed E-state index contributed by atoms with van der Waals surface area (Å²) in [5.74, 6) is 0. The van der Waals surface area contributed by atoms with Gasteiger partial charge in [-0.05, 0) is 42.4 Å². The number of hydrogen-bond donors (Lipinski definition) is 1. The van der Waals surface area contributed by atoms with E-state index in [-0.39, 0.29) is 5.41 Å². The predicted molar refractivity (Wildman–Crippen MR) is 86.6 cm³/mol. The minimum atomic E-state index is -3.43. The number of sulfonamides is 1. The van der Waals surface area contributed by atoms with E-state index in [2.05, 4.69) is 13.8 Å². The summed E-state index contributed by atoms with van der Waals surface area (Å²) in [5, 5.41) is 0. The first-order valence-corrected chi connectivity index (χ1v) is 9.15. The fourth-order valence-electron chi connectivity index (χ4n) is 2.86. The van der Waals surface area contributed by atoms with E-state index in [0.717, 1.165) is 24.8 Å². The van der Waals surface area contributed by atoms with Crippen molar-refractivity contribution in [2.75, 3.05) is 18.8 Å². The van der Waals surface area contributed by atoms with E-state index >= 15 is 0 Å². The highest BCUT2D eigenvalue weighted by Gasteiger charge is 2.35. The molecule has 1 fully saturated rings. The molecule has 4 nitrogen and oxygen atoms in total. The Kier molecular flexibility index (Phi) is 4.63. The van der Waals surface area contributed by atoms with Crippen LogP contribution in [0.1, 0.15) is 45.6 Å². The van der Waals surface area contributed by atoms with E-state index in [4.69, 9.17) is 5.73 Å². The summed E-state index contributed by atoms with van der Waals surface area (Å²) in [7, 11) is -3.43. The largest absolute Gasteiger partial charge is 0.399 e. The van der Waals surface area contributed by atoms with E-state index in [9.17, 15) is 8.42 Å². The maximum absolute atomic E-state index is 12.9. The molecule has 118 valence electrons. The van der Waals surface area contributed by atoms with E-state index < -0.39 is 10.0 Å². The lowest BCUT2D eigenvalue weighted by atomic mass is 9.79. The lowest BCUT2D eigenvalue weighted by Gasteiger charge is -2.38. The predicted octanol–water partition coefficient (Wildman–Crippen LogP) is 3.03. The van der Waals surface area contributed by atoms with Crippen LogP contribution in [0.25, 0.3) is 0 Å². The Balaban J connectivity index is 2.30. The molecular formula is C16H26N2O2S. The Labute approximate surface area is 128 Å². The van der Waals surface area contributed by atoms with Gasteiger partial charge in [-0.25, -0.2) is 8.42 Å². The summed E-state index contributed by atoms with van der Waals surface area (Å²) in [6, 6.07) is 5.19. The molecule has 0 spiro atoms. The molecule has 2 rings (SSSR count). The summed E-state index contributed by atoms with van der Waals surface area (Å²) in [5.41, 5.74) is 7.41. The summed E-state index contributed by atoms with van der Waals surface area (Å²) in [6.07, 6.45) is 3.63. The Morgan fingerprint density at radius 1 is 1.24 bits per heavy atom. The van der Waals surface area contributed by atoms with Gasteiger partial charge < -0.3 is 5.73 Å². The number of nitrogens with zero attached hydrogens (tertiary/aromatic N) is 1. The van der Waals surface area contributed by atoms with Crippen molar-refractivity contribution in [3.63, 3.8) is 0 Å². The third-order valence-electron chi connectivity index (χ3n) is 4.87. The van der Waals surface area contributed by atoms with Gasteiger partial charge in [0.15, 0.2) is 0 Å². The molecule has 0 saturated carbocycles. The zero-order valence-corrected chi connectivity index (χ0v) is 14.0. The van der Waals surface area contributed by atoms with Crippen LogP contribution in [0.3, 0.4) is 0 Å². The second-order valence-corrected chi connectivity index (χ2v) is 8.20. The van der Waals surface area contributed by atoms with Gasteiger partial charge in [0.25, 0.3) is 0 Å². The smallest absolute Gasteiger partial charge is 0.243 e. The molecule has 0 unspecified atom stereocenters. The van der Waals surface area contributed by atoms with Crippen LogP contribution >= 0.6 is 0 Å². The van der Waals surface area contributed by atoms with Crippen molar-refractivity contribution in [1.29, 1.82) is 0 Å². The fraction of sp³-hybridized carbons (Fsp3) is 0.625. The second kappa shape index (κ2) is 5.97. The highest BCUT2D eigenvalue weighted by molar-refractivity contribution is 7.89. The van der Waals surface area contributed by atoms with E-state index in [0.29, 0.717) is 30.1 Å². The van der Waals surface area contributed by atoms with Crippen LogP contribution in [-0.4, -0.2) is 25.8 Å². The van der Waals surface area contributed by atoms with E-state index in [1.807, 2.05) is 13.0 Å². The van der Waals surface area contributed by atoms with E-state index in [1.54, 1.807) is 16.4 Å². The molecule has 1 heterocycles. The Bertz CT molecular complexity index is 603. The number of nitrogens with two attached hydrogens (primary N) is 1. The number of aryl methyl sites for hydroxylation is 1. The monoisotopic (exact) mass is 310 g/mol. The molecule has 21 heavy (non-hydrogen) atoms. The standard InChI is InChI=1S/C16H26N2O2S/c1-4-13-6-7-14(17)12-15(13)21(19,20)18-10-8-16(3,5-2)9-11-18/h6-7,12H,4-5,8-11,17H2,1-3H3. The zero-order chi connectivity index (χ0) is 15.7. The van der Waals surface area contributed by atoms with Gasteiger partial charge in [0.1, 0.15) is 0 Å². The minimum absolute atomic E-state index is 0.273. The van der Waals surface area contributed by atoms with Crippen molar-refractivity contribution in [3.8, 4) is 0 Å². The SMILES string of the molecule is CCc1ccc(N)cc1S(=O)(=O)N1CCC(C)(CC)CC1. The molecule has 1 aliphatic rings. The molecule has 0 aromatic heterocycles. The highest BCUT2D eigenvalue weighted by atomic mass is 32.2. The van der Waals surface area contributed by atoms with Crippen molar-refractivity contribution in [2.24, 2.45) is 5.41 Å². The fourth-order valence-corrected chi connectivity index (χ4v) is 4.63. The molecule has 0 aliphatic carbocycles. The molecule has 5 heteroatoms. The van der Waals surface area contributed by atoms with Gasteiger partial charge in [-0.1, -0.05) is 33.3 Å². The first-order chi connectivity index (χ1) is 9.82. The average molecular weight is 310 g/mol. The lowest BCUT2D eigenvalue weighted by molar-refractivity contribution is 0.169.